The highest BCUT2D eigenvalue weighted by atomic mass is 35.5. The summed E-state index contributed by atoms with van der Waals surface area (Å²) in [7, 11) is 0. The van der Waals surface area contributed by atoms with Crippen molar-refractivity contribution in [3.63, 3.8) is 0 Å². The fourth-order valence-corrected chi connectivity index (χ4v) is 1.99. The minimum absolute atomic E-state index is 0.0248. The SMILES string of the molecule is Cc1ccccc1NC=C(C#N)C(=O)Nc1cccc(Cl)c1. The molecular weight excluding hydrogens is 298 g/mol. The van der Waals surface area contributed by atoms with Gasteiger partial charge in [-0.1, -0.05) is 35.9 Å². The molecule has 0 aliphatic rings. The minimum Gasteiger partial charge on any atom is -0.360 e. The second kappa shape index (κ2) is 7.30. The highest BCUT2D eigenvalue weighted by Crippen LogP contribution is 2.16. The summed E-state index contributed by atoms with van der Waals surface area (Å²) in [5.41, 5.74) is 2.37. The molecule has 0 spiro atoms. The number of para-hydroxylation sites is 1. The van der Waals surface area contributed by atoms with E-state index in [0.717, 1.165) is 11.3 Å². The summed E-state index contributed by atoms with van der Waals surface area (Å²) in [6, 6.07) is 16.2. The van der Waals surface area contributed by atoms with Gasteiger partial charge in [-0.05, 0) is 36.8 Å². The van der Waals surface area contributed by atoms with Crippen molar-refractivity contribution in [1.29, 1.82) is 5.26 Å². The molecule has 0 saturated heterocycles. The maximum Gasteiger partial charge on any atom is 0.267 e. The number of nitrogens with zero attached hydrogens (tertiary/aromatic N) is 1. The van der Waals surface area contributed by atoms with Gasteiger partial charge in [0.05, 0.1) is 0 Å². The van der Waals surface area contributed by atoms with Crippen LogP contribution in [-0.2, 0) is 4.79 Å². The summed E-state index contributed by atoms with van der Waals surface area (Å²) in [4.78, 5) is 12.1. The van der Waals surface area contributed by atoms with Crippen LogP contribution in [0.3, 0.4) is 0 Å². The monoisotopic (exact) mass is 311 g/mol. The van der Waals surface area contributed by atoms with E-state index in [1.54, 1.807) is 24.3 Å². The van der Waals surface area contributed by atoms with Crippen molar-refractivity contribution < 1.29 is 4.79 Å². The van der Waals surface area contributed by atoms with Gasteiger partial charge >= 0.3 is 0 Å². The first kappa shape index (κ1) is 15.6. The van der Waals surface area contributed by atoms with E-state index in [0.29, 0.717) is 10.7 Å². The van der Waals surface area contributed by atoms with Crippen LogP contribution >= 0.6 is 11.6 Å². The number of amides is 1. The topological polar surface area (TPSA) is 64.9 Å². The predicted molar refractivity (Wildman–Crippen MR) is 88.6 cm³/mol. The van der Waals surface area contributed by atoms with Gasteiger partial charge in [-0.25, -0.2) is 0 Å². The highest BCUT2D eigenvalue weighted by Gasteiger charge is 2.09. The van der Waals surface area contributed by atoms with E-state index in [9.17, 15) is 4.79 Å². The van der Waals surface area contributed by atoms with Crippen LogP contribution in [0.2, 0.25) is 5.02 Å². The number of rotatable bonds is 4. The molecule has 2 aromatic carbocycles. The molecule has 2 rings (SSSR count). The lowest BCUT2D eigenvalue weighted by Gasteiger charge is -2.07. The number of aryl methyl sites for hydroxylation is 1. The first-order valence-electron chi connectivity index (χ1n) is 6.59. The molecule has 0 unspecified atom stereocenters. The normalized spacial score (nSPS) is 10.7. The molecule has 0 bridgehead atoms. The maximum atomic E-state index is 12.1. The van der Waals surface area contributed by atoms with Crippen molar-refractivity contribution in [2.45, 2.75) is 6.92 Å². The van der Waals surface area contributed by atoms with E-state index in [2.05, 4.69) is 10.6 Å². The summed E-state index contributed by atoms with van der Waals surface area (Å²) in [5.74, 6) is -0.495. The average molecular weight is 312 g/mol. The molecule has 5 heteroatoms. The number of halogens is 1. The average Bonchev–Trinajstić information content (AvgIpc) is 2.49. The third-order valence-electron chi connectivity index (χ3n) is 2.96. The van der Waals surface area contributed by atoms with Crippen LogP contribution < -0.4 is 10.6 Å². The second-order valence-electron chi connectivity index (χ2n) is 4.59. The van der Waals surface area contributed by atoms with Crippen LogP contribution in [0.15, 0.2) is 60.3 Å². The number of anilines is 2. The van der Waals surface area contributed by atoms with E-state index in [-0.39, 0.29) is 5.57 Å². The first-order valence-corrected chi connectivity index (χ1v) is 6.97. The minimum atomic E-state index is -0.495. The molecule has 0 aliphatic carbocycles. The first-order chi connectivity index (χ1) is 10.6. The lowest BCUT2D eigenvalue weighted by molar-refractivity contribution is -0.112. The van der Waals surface area contributed by atoms with Crippen molar-refractivity contribution in [3.05, 3.63) is 70.9 Å². The zero-order valence-corrected chi connectivity index (χ0v) is 12.7. The molecular formula is C17H14ClN3O. The zero-order valence-electron chi connectivity index (χ0n) is 11.9. The summed E-state index contributed by atoms with van der Waals surface area (Å²) in [6.45, 7) is 1.94. The van der Waals surface area contributed by atoms with Gasteiger partial charge in [0.25, 0.3) is 5.91 Å². The van der Waals surface area contributed by atoms with E-state index < -0.39 is 5.91 Å². The molecule has 0 aliphatic heterocycles. The van der Waals surface area contributed by atoms with Crippen molar-refractivity contribution in [2.24, 2.45) is 0 Å². The van der Waals surface area contributed by atoms with Gasteiger partial charge in [0.1, 0.15) is 11.6 Å². The van der Waals surface area contributed by atoms with Gasteiger partial charge in [0.15, 0.2) is 0 Å². The van der Waals surface area contributed by atoms with E-state index >= 15 is 0 Å². The van der Waals surface area contributed by atoms with Crippen molar-refractivity contribution in [2.75, 3.05) is 10.6 Å². The van der Waals surface area contributed by atoms with Gasteiger partial charge in [0, 0.05) is 22.6 Å². The Morgan fingerprint density at radius 3 is 2.68 bits per heavy atom. The Morgan fingerprint density at radius 1 is 1.23 bits per heavy atom. The van der Waals surface area contributed by atoms with E-state index in [4.69, 9.17) is 16.9 Å². The van der Waals surface area contributed by atoms with Gasteiger partial charge < -0.3 is 10.6 Å². The predicted octanol–water partition coefficient (Wildman–Crippen LogP) is 4.11. The Labute approximate surface area is 134 Å². The van der Waals surface area contributed by atoms with Crippen LogP contribution in [0.1, 0.15) is 5.56 Å². The fraction of sp³-hybridized carbons (Fsp3) is 0.0588. The molecule has 0 radical (unpaired) electrons. The zero-order chi connectivity index (χ0) is 15.9. The largest absolute Gasteiger partial charge is 0.360 e. The number of nitriles is 1. The summed E-state index contributed by atoms with van der Waals surface area (Å²) in [5, 5.41) is 15.2. The van der Waals surface area contributed by atoms with E-state index in [1.165, 1.54) is 6.20 Å². The maximum absolute atomic E-state index is 12.1. The summed E-state index contributed by atoms with van der Waals surface area (Å²) >= 11 is 5.86. The fourth-order valence-electron chi connectivity index (χ4n) is 1.80. The molecule has 0 aromatic heterocycles. The molecule has 22 heavy (non-hydrogen) atoms. The van der Waals surface area contributed by atoms with Crippen LogP contribution in [0.4, 0.5) is 11.4 Å². The lowest BCUT2D eigenvalue weighted by Crippen LogP contribution is -2.14. The van der Waals surface area contributed by atoms with Crippen LogP contribution in [0, 0.1) is 18.3 Å². The molecule has 0 saturated carbocycles. The number of carbonyl (C=O) groups excluding carboxylic acids is 1. The van der Waals surface area contributed by atoms with Crippen LogP contribution in [-0.4, -0.2) is 5.91 Å². The highest BCUT2D eigenvalue weighted by molar-refractivity contribution is 6.31. The number of benzene rings is 2. The third-order valence-corrected chi connectivity index (χ3v) is 3.20. The molecule has 0 heterocycles. The van der Waals surface area contributed by atoms with Crippen molar-refractivity contribution >= 4 is 28.9 Å². The second-order valence-corrected chi connectivity index (χ2v) is 5.03. The quantitative estimate of drug-likeness (QED) is 0.660. The Kier molecular flexibility index (Phi) is 5.18. The third kappa shape index (κ3) is 4.11. The molecule has 4 nitrogen and oxygen atoms in total. The summed E-state index contributed by atoms with van der Waals surface area (Å²) < 4.78 is 0. The van der Waals surface area contributed by atoms with Gasteiger partial charge in [-0.2, -0.15) is 5.26 Å². The van der Waals surface area contributed by atoms with Crippen molar-refractivity contribution in [1.82, 2.24) is 0 Å². The van der Waals surface area contributed by atoms with Crippen LogP contribution in [0.25, 0.3) is 0 Å². The molecule has 1 amide bonds. The van der Waals surface area contributed by atoms with Crippen molar-refractivity contribution in [3.8, 4) is 6.07 Å². The lowest BCUT2D eigenvalue weighted by atomic mass is 10.2. The Hall–Kier alpha value is -2.77. The smallest absolute Gasteiger partial charge is 0.267 e. The van der Waals surface area contributed by atoms with E-state index in [1.807, 2.05) is 37.3 Å². The summed E-state index contributed by atoms with van der Waals surface area (Å²) in [6.07, 6.45) is 1.39. The number of nitrogens with one attached hydrogen (secondary N) is 2. The molecule has 110 valence electrons. The van der Waals surface area contributed by atoms with Crippen LogP contribution in [0.5, 0.6) is 0 Å². The number of carbonyl (C=O) groups is 1. The number of hydrogen-bond donors (Lipinski definition) is 2. The van der Waals surface area contributed by atoms with Gasteiger partial charge in [0.2, 0.25) is 0 Å². The molecule has 2 N–H and O–H groups in total. The Morgan fingerprint density at radius 2 is 2.00 bits per heavy atom. The number of hydrogen-bond acceptors (Lipinski definition) is 3. The van der Waals surface area contributed by atoms with Gasteiger partial charge in [-0.15, -0.1) is 0 Å². The molecule has 0 fully saturated rings. The molecule has 2 aromatic rings. The standard InChI is InChI=1S/C17H14ClN3O/c1-12-5-2-3-8-16(12)20-11-13(10-19)17(22)21-15-7-4-6-14(18)9-15/h2-9,11,20H,1H3,(H,21,22). The molecule has 0 atom stereocenters. The Balaban J connectivity index is 2.11. The van der Waals surface area contributed by atoms with Gasteiger partial charge in [-0.3, -0.25) is 4.79 Å². The Bertz CT molecular complexity index is 762.